The first-order chi connectivity index (χ1) is 7.89. The van der Waals surface area contributed by atoms with Gasteiger partial charge in [-0.3, -0.25) is 0 Å². The first-order valence-corrected chi connectivity index (χ1v) is 5.42. The van der Waals surface area contributed by atoms with Crippen molar-refractivity contribution in [3.05, 3.63) is 35.9 Å². The summed E-state index contributed by atoms with van der Waals surface area (Å²) >= 11 is 0. The molecule has 1 aromatic carbocycles. The zero-order valence-electron chi connectivity index (χ0n) is 10.7. The predicted octanol–water partition coefficient (Wildman–Crippen LogP) is 3.29. The Bertz CT molecular complexity index is 428. The molecule has 0 aliphatic rings. The number of methoxy groups -OCH3 is 1. The number of rotatable bonds is 3. The first kappa shape index (κ1) is 13.3. The van der Waals surface area contributed by atoms with Gasteiger partial charge in [-0.2, -0.15) is 0 Å². The largest absolute Gasteiger partial charge is 0.487 e. The Labute approximate surface area is 102 Å². The van der Waals surface area contributed by atoms with E-state index >= 15 is 0 Å². The lowest BCUT2D eigenvalue weighted by Gasteiger charge is -2.23. The van der Waals surface area contributed by atoms with Crippen molar-refractivity contribution in [1.29, 1.82) is 0 Å². The van der Waals surface area contributed by atoms with E-state index in [1.54, 1.807) is 18.2 Å². The lowest BCUT2D eigenvalue weighted by atomic mass is 10.1. The maximum atomic E-state index is 11.7. The Kier molecular flexibility index (Phi) is 3.94. The summed E-state index contributed by atoms with van der Waals surface area (Å²) < 4.78 is 10.5. The number of esters is 1. The molecule has 0 spiro atoms. The average Bonchev–Trinajstić information content (AvgIpc) is 2.25. The predicted molar refractivity (Wildman–Crippen MR) is 68.3 cm³/mol. The smallest absolute Gasteiger partial charge is 0.342 e. The van der Waals surface area contributed by atoms with Crippen LogP contribution in [0.2, 0.25) is 0 Å². The molecule has 0 aromatic heterocycles. The molecule has 0 saturated carbocycles. The molecule has 0 atom stereocenters. The van der Waals surface area contributed by atoms with Gasteiger partial charge < -0.3 is 9.47 Å². The fourth-order valence-corrected chi connectivity index (χ4v) is 1.45. The van der Waals surface area contributed by atoms with E-state index in [0.29, 0.717) is 16.9 Å². The van der Waals surface area contributed by atoms with Crippen LogP contribution in [-0.2, 0) is 4.74 Å². The van der Waals surface area contributed by atoms with Crippen molar-refractivity contribution in [1.82, 2.24) is 0 Å². The van der Waals surface area contributed by atoms with Gasteiger partial charge in [0.05, 0.1) is 7.11 Å². The molecule has 0 radical (unpaired) electrons. The van der Waals surface area contributed by atoms with Crippen LogP contribution in [0.25, 0.3) is 6.08 Å². The summed E-state index contributed by atoms with van der Waals surface area (Å²) in [6.45, 7) is 9.46. The van der Waals surface area contributed by atoms with Crippen LogP contribution in [0, 0.1) is 0 Å². The minimum atomic E-state index is -0.417. The first-order valence-electron chi connectivity index (χ1n) is 5.42. The fraction of sp³-hybridized carbons (Fsp3) is 0.357. The highest BCUT2D eigenvalue weighted by Crippen LogP contribution is 2.27. The van der Waals surface area contributed by atoms with Crippen molar-refractivity contribution in [3.8, 4) is 5.75 Å². The number of carbonyl (C=O) groups excluding carboxylic acids is 1. The molecule has 0 aliphatic heterocycles. The molecule has 0 fully saturated rings. The molecular weight excluding hydrogens is 216 g/mol. The highest BCUT2D eigenvalue weighted by molar-refractivity contribution is 5.96. The van der Waals surface area contributed by atoms with E-state index in [2.05, 4.69) is 6.58 Å². The van der Waals surface area contributed by atoms with E-state index in [9.17, 15) is 4.79 Å². The van der Waals surface area contributed by atoms with Gasteiger partial charge in [-0.1, -0.05) is 24.8 Å². The molecular formula is C14H18O3. The molecule has 3 nitrogen and oxygen atoms in total. The van der Waals surface area contributed by atoms with Crippen LogP contribution in [0.5, 0.6) is 5.75 Å². The van der Waals surface area contributed by atoms with Gasteiger partial charge in [0.25, 0.3) is 0 Å². The van der Waals surface area contributed by atoms with Crippen molar-refractivity contribution < 1.29 is 14.3 Å². The minimum absolute atomic E-state index is 0.372. The summed E-state index contributed by atoms with van der Waals surface area (Å²) in [6.07, 6.45) is 1.61. The maximum absolute atomic E-state index is 11.7. The number of benzene rings is 1. The van der Waals surface area contributed by atoms with Crippen LogP contribution in [0.3, 0.4) is 0 Å². The summed E-state index contributed by atoms with van der Waals surface area (Å²) in [5.41, 5.74) is 0.751. The summed E-state index contributed by atoms with van der Waals surface area (Å²) in [5.74, 6) is 0.0986. The molecule has 0 unspecified atom stereocenters. The van der Waals surface area contributed by atoms with Crippen molar-refractivity contribution in [2.75, 3.05) is 7.11 Å². The highest BCUT2D eigenvalue weighted by atomic mass is 16.5. The third-order valence-corrected chi connectivity index (χ3v) is 2.08. The van der Waals surface area contributed by atoms with Crippen molar-refractivity contribution in [2.24, 2.45) is 0 Å². The second-order valence-corrected chi connectivity index (χ2v) is 4.63. The Morgan fingerprint density at radius 3 is 2.47 bits per heavy atom. The fourth-order valence-electron chi connectivity index (χ4n) is 1.45. The molecule has 3 heteroatoms. The zero-order valence-corrected chi connectivity index (χ0v) is 10.7. The summed E-state index contributed by atoms with van der Waals surface area (Å²) in [7, 11) is 1.35. The van der Waals surface area contributed by atoms with Crippen LogP contribution >= 0.6 is 0 Å². The molecule has 0 aliphatic carbocycles. The van der Waals surface area contributed by atoms with Crippen molar-refractivity contribution >= 4 is 12.0 Å². The van der Waals surface area contributed by atoms with Crippen LogP contribution in [-0.4, -0.2) is 18.7 Å². The van der Waals surface area contributed by atoms with Crippen LogP contribution in [0.1, 0.15) is 36.7 Å². The molecule has 0 amide bonds. The molecule has 17 heavy (non-hydrogen) atoms. The Morgan fingerprint density at radius 2 is 2.00 bits per heavy atom. The second kappa shape index (κ2) is 5.04. The molecule has 0 N–H and O–H groups in total. The van der Waals surface area contributed by atoms with Crippen LogP contribution in [0.15, 0.2) is 24.8 Å². The number of hydrogen-bond donors (Lipinski definition) is 0. The molecule has 0 heterocycles. The van der Waals surface area contributed by atoms with E-state index < -0.39 is 5.97 Å². The SMILES string of the molecule is C=Cc1cccc(OC(C)(C)C)c1C(=O)OC. The standard InChI is InChI=1S/C14H18O3/c1-6-10-8-7-9-11(17-14(2,3)4)12(10)13(15)16-5/h6-9H,1H2,2-5H3. The monoisotopic (exact) mass is 234 g/mol. The second-order valence-electron chi connectivity index (χ2n) is 4.63. The van der Waals surface area contributed by atoms with E-state index in [-0.39, 0.29) is 5.60 Å². The number of hydrogen-bond acceptors (Lipinski definition) is 3. The van der Waals surface area contributed by atoms with Crippen LogP contribution < -0.4 is 4.74 Å². The normalized spacial score (nSPS) is 10.8. The van der Waals surface area contributed by atoms with Gasteiger partial charge in [-0.15, -0.1) is 0 Å². The van der Waals surface area contributed by atoms with Gasteiger partial charge in [0, 0.05) is 0 Å². The van der Waals surface area contributed by atoms with E-state index in [1.807, 2.05) is 26.8 Å². The van der Waals surface area contributed by atoms with Gasteiger partial charge in [0.1, 0.15) is 16.9 Å². The minimum Gasteiger partial charge on any atom is -0.487 e. The van der Waals surface area contributed by atoms with Gasteiger partial charge in [0.2, 0.25) is 0 Å². The quantitative estimate of drug-likeness (QED) is 0.753. The Morgan fingerprint density at radius 1 is 1.35 bits per heavy atom. The molecule has 1 rings (SSSR count). The lowest BCUT2D eigenvalue weighted by molar-refractivity contribution is 0.0586. The van der Waals surface area contributed by atoms with E-state index in [4.69, 9.17) is 9.47 Å². The molecule has 1 aromatic rings. The topological polar surface area (TPSA) is 35.5 Å². The number of carbonyl (C=O) groups is 1. The lowest BCUT2D eigenvalue weighted by Crippen LogP contribution is -2.24. The molecule has 92 valence electrons. The Balaban J connectivity index is 3.29. The van der Waals surface area contributed by atoms with Gasteiger partial charge >= 0.3 is 5.97 Å². The van der Waals surface area contributed by atoms with Gasteiger partial charge in [-0.25, -0.2) is 4.79 Å². The van der Waals surface area contributed by atoms with Gasteiger partial charge in [-0.05, 0) is 32.4 Å². The van der Waals surface area contributed by atoms with Crippen LogP contribution in [0.4, 0.5) is 0 Å². The molecule has 0 bridgehead atoms. The van der Waals surface area contributed by atoms with E-state index in [1.165, 1.54) is 7.11 Å². The zero-order chi connectivity index (χ0) is 13.1. The van der Waals surface area contributed by atoms with Crippen molar-refractivity contribution in [2.45, 2.75) is 26.4 Å². The maximum Gasteiger partial charge on any atom is 0.342 e. The third kappa shape index (κ3) is 3.34. The van der Waals surface area contributed by atoms with E-state index in [0.717, 1.165) is 0 Å². The highest BCUT2D eigenvalue weighted by Gasteiger charge is 2.20. The van der Waals surface area contributed by atoms with Crippen molar-refractivity contribution in [3.63, 3.8) is 0 Å². The number of ether oxygens (including phenoxy) is 2. The third-order valence-electron chi connectivity index (χ3n) is 2.08. The van der Waals surface area contributed by atoms with Gasteiger partial charge in [0.15, 0.2) is 0 Å². The Hall–Kier alpha value is -1.77. The molecule has 0 saturated heterocycles. The average molecular weight is 234 g/mol. The summed E-state index contributed by atoms with van der Waals surface area (Å²) in [4.78, 5) is 11.7. The summed E-state index contributed by atoms with van der Waals surface area (Å²) in [5, 5.41) is 0. The summed E-state index contributed by atoms with van der Waals surface area (Å²) in [6, 6.07) is 5.38.